The number of nitrogen functional groups attached to an aromatic ring is 1. The molecule has 1 spiro atoms. The highest BCUT2D eigenvalue weighted by molar-refractivity contribution is 6.00. The quantitative estimate of drug-likeness (QED) is 0.812. The third kappa shape index (κ3) is 1.90. The number of nitrogens with two attached hydrogens (primary N) is 1. The zero-order valence-corrected chi connectivity index (χ0v) is 10.4. The van der Waals surface area contributed by atoms with Crippen LogP contribution in [0.3, 0.4) is 0 Å². The predicted octanol–water partition coefficient (Wildman–Crippen LogP) is 2.20. The summed E-state index contributed by atoms with van der Waals surface area (Å²) in [7, 11) is 0. The van der Waals surface area contributed by atoms with Crippen molar-refractivity contribution in [2.45, 2.75) is 37.7 Å². The summed E-state index contributed by atoms with van der Waals surface area (Å²) in [6.45, 7) is 0.684. The highest BCUT2D eigenvalue weighted by atomic mass is 16.5. The van der Waals surface area contributed by atoms with Crippen LogP contribution in [-0.4, -0.2) is 23.0 Å². The fraction of sp³-hybridized carbons (Fsp3) is 0.571. The number of rotatable bonds is 2. The SMILES string of the molecule is Nc1cccnc1C(=O)C1CCOC2(CCC2)C1. The molecule has 1 atom stereocenters. The van der Waals surface area contributed by atoms with Crippen LogP contribution in [-0.2, 0) is 4.74 Å². The van der Waals surface area contributed by atoms with E-state index in [1.54, 1.807) is 18.3 Å². The van der Waals surface area contributed by atoms with Crippen LogP contribution in [0.1, 0.15) is 42.6 Å². The molecule has 4 heteroatoms. The normalized spacial score (nSPS) is 25.7. The molecule has 2 aliphatic rings. The van der Waals surface area contributed by atoms with Crippen LogP contribution in [0.2, 0.25) is 0 Å². The molecule has 2 heterocycles. The Bertz CT molecular complexity index is 469. The Morgan fingerprint density at radius 2 is 2.33 bits per heavy atom. The number of ketones is 1. The monoisotopic (exact) mass is 246 g/mol. The Labute approximate surface area is 107 Å². The number of carbonyl (C=O) groups is 1. The lowest BCUT2D eigenvalue weighted by atomic mass is 9.71. The van der Waals surface area contributed by atoms with Gasteiger partial charge in [0.25, 0.3) is 0 Å². The molecule has 0 bridgehead atoms. The van der Waals surface area contributed by atoms with Gasteiger partial charge in [-0.15, -0.1) is 0 Å². The second-order valence-electron chi connectivity index (χ2n) is 5.38. The fourth-order valence-electron chi connectivity index (χ4n) is 2.99. The van der Waals surface area contributed by atoms with E-state index < -0.39 is 0 Å². The fourth-order valence-corrected chi connectivity index (χ4v) is 2.99. The Hall–Kier alpha value is -1.42. The molecule has 1 saturated heterocycles. The van der Waals surface area contributed by atoms with Gasteiger partial charge >= 0.3 is 0 Å². The molecule has 4 nitrogen and oxygen atoms in total. The van der Waals surface area contributed by atoms with E-state index in [-0.39, 0.29) is 17.3 Å². The van der Waals surface area contributed by atoms with Crippen molar-refractivity contribution in [3.63, 3.8) is 0 Å². The summed E-state index contributed by atoms with van der Waals surface area (Å²) in [5.74, 6) is 0.110. The first-order chi connectivity index (χ1) is 8.70. The van der Waals surface area contributed by atoms with Crippen molar-refractivity contribution >= 4 is 11.5 Å². The summed E-state index contributed by atoms with van der Waals surface area (Å²) in [5.41, 5.74) is 6.73. The maximum atomic E-state index is 12.5. The van der Waals surface area contributed by atoms with E-state index in [0.29, 0.717) is 18.0 Å². The second kappa shape index (κ2) is 4.35. The molecule has 2 N–H and O–H groups in total. The van der Waals surface area contributed by atoms with Crippen molar-refractivity contribution in [1.82, 2.24) is 4.98 Å². The van der Waals surface area contributed by atoms with E-state index in [1.165, 1.54) is 6.42 Å². The predicted molar refractivity (Wildman–Crippen MR) is 68.2 cm³/mol. The average molecular weight is 246 g/mol. The van der Waals surface area contributed by atoms with Gasteiger partial charge in [-0.3, -0.25) is 9.78 Å². The number of Topliss-reactive ketones (excluding diaryl/α,β-unsaturated/α-hetero) is 1. The lowest BCUT2D eigenvalue weighted by Gasteiger charge is -2.46. The minimum atomic E-state index is -0.0118. The van der Waals surface area contributed by atoms with Gasteiger partial charge in [-0.05, 0) is 44.2 Å². The summed E-state index contributed by atoms with van der Waals surface area (Å²) >= 11 is 0. The zero-order chi connectivity index (χ0) is 12.6. The first kappa shape index (κ1) is 11.7. The average Bonchev–Trinajstić information content (AvgIpc) is 2.37. The maximum absolute atomic E-state index is 12.5. The van der Waals surface area contributed by atoms with Crippen LogP contribution in [0.4, 0.5) is 5.69 Å². The van der Waals surface area contributed by atoms with Crippen LogP contribution in [0.25, 0.3) is 0 Å². The van der Waals surface area contributed by atoms with Crippen molar-refractivity contribution in [3.05, 3.63) is 24.0 Å². The van der Waals surface area contributed by atoms with E-state index >= 15 is 0 Å². The number of nitrogens with zero attached hydrogens (tertiary/aromatic N) is 1. The summed E-state index contributed by atoms with van der Waals surface area (Å²) in [4.78, 5) is 16.6. The third-order valence-corrected chi connectivity index (χ3v) is 4.20. The third-order valence-electron chi connectivity index (χ3n) is 4.20. The molecule has 1 aromatic rings. The highest BCUT2D eigenvalue weighted by Crippen LogP contribution is 2.44. The van der Waals surface area contributed by atoms with E-state index in [4.69, 9.17) is 10.5 Å². The van der Waals surface area contributed by atoms with E-state index in [0.717, 1.165) is 25.7 Å². The molecule has 1 aliphatic carbocycles. The Balaban J connectivity index is 1.78. The minimum Gasteiger partial charge on any atom is -0.397 e. The van der Waals surface area contributed by atoms with Crippen LogP contribution in [0.5, 0.6) is 0 Å². The number of hydrogen-bond acceptors (Lipinski definition) is 4. The van der Waals surface area contributed by atoms with Gasteiger partial charge in [-0.25, -0.2) is 0 Å². The van der Waals surface area contributed by atoms with E-state index in [1.807, 2.05) is 0 Å². The Morgan fingerprint density at radius 3 is 3.00 bits per heavy atom. The van der Waals surface area contributed by atoms with Crippen LogP contribution < -0.4 is 5.73 Å². The van der Waals surface area contributed by atoms with Gasteiger partial charge in [0.05, 0.1) is 11.3 Å². The highest BCUT2D eigenvalue weighted by Gasteiger charge is 2.44. The molecule has 1 saturated carbocycles. The van der Waals surface area contributed by atoms with Crippen molar-refractivity contribution in [2.75, 3.05) is 12.3 Å². The first-order valence-corrected chi connectivity index (χ1v) is 6.59. The molecule has 1 unspecified atom stereocenters. The summed E-state index contributed by atoms with van der Waals surface area (Å²) in [5, 5.41) is 0. The molecule has 3 rings (SSSR count). The number of ether oxygens (including phenoxy) is 1. The van der Waals surface area contributed by atoms with Crippen molar-refractivity contribution in [1.29, 1.82) is 0 Å². The molecule has 1 aliphatic heterocycles. The Morgan fingerprint density at radius 1 is 1.50 bits per heavy atom. The van der Waals surface area contributed by atoms with E-state index in [2.05, 4.69) is 4.98 Å². The molecular formula is C14H18N2O2. The van der Waals surface area contributed by atoms with Crippen molar-refractivity contribution in [3.8, 4) is 0 Å². The smallest absolute Gasteiger partial charge is 0.186 e. The largest absolute Gasteiger partial charge is 0.397 e. The molecule has 2 fully saturated rings. The Kier molecular flexibility index (Phi) is 2.82. The van der Waals surface area contributed by atoms with Crippen LogP contribution >= 0.6 is 0 Å². The standard InChI is InChI=1S/C14H18N2O2/c15-11-3-1-7-16-12(11)13(17)10-4-8-18-14(9-10)5-2-6-14/h1,3,7,10H,2,4-6,8-9,15H2. The second-order valence-corrected chi connectivity index (χ2v) is 5.38. The summed E-state index contributed by atoms with van der Waals surface area (Å²) in [6, 6.07) is 3.49. The van der Waals surface area contributed by atoms with Gasteiger partial charge < -0.3 is 10.5 Å². The number of aromatic nitrogens is 1. The summed E-state index contributed by atoms with van der Waals surface area (Å²) < 4.78 is 5.84. The molecular weight excluding hydrogens is 228 g/mol. The molecule has 0 radical (unpaired) electrons. The van der Waals surface area contributed by atoms with Gasteiger partial charge in [0.15, 0.2) is 5.78 Å². The molecule has 1 aromatic heterocycles. The van der Waals surface area contributed by atoms with Gasteiger partial charge in [0.1, 0.15) is 5.69 Å². The minimum absolute atomic E-state index is 0.0118. The number of anilines is 1. The molecule has 96 valence electrons. The lowest BCUT2D eigenvalue weighted by Crippen LogP contribution is -2.47. The molecule has 18 heavy (non-hydrogen) atoms. The summed E-state index contributed by atoms with van der Waals surface area (Å²) in [6.07, 6.45) is 6.65. The maximum Gasteiger partial charge on any atom is 0.186 e. The van der Waals surface area contributed by atoms with Crippen LogP contribution in [0.15, 0.2) is 18.3 Å². The van der Waals surface area contributed by atoms with Gasteiger partial charge in [-0.2, -0.15) is 0 Å². The topological polar surface area (TPSA) is 65.2 Å². The molecule has 0 amide bonds. The number of carbonyl (C=O) groups excluding carboxylic acids is 1. The van der Waals surface area contributed by atoms with Crippen molar-refractivity contribution in [2.24, 2.45) is 5.92 Å². The zero-order valence-electron chi connectivity index (χ0n) is 10.4. The van der Waals surface area contributed by atoms with Crippen LogP contribution in [0, 0.1) is 5.92 Å². The molecule has 0 aromatic carbocycles. The van der Waals surface area contributed by atoms with Gasteiger partial charge in [0, 0.05) is 18.7 Å². The first-order valence-electron chi connectivity index (χ1n) is 6.59. The van der Waals surface area contributed by atoms with Gasteiger partial charge in [-0.1, -0.05) is 0 Å². The number of hydrogen-bond donors (Lipinski definition) is 1. The lowest BCUT2D eigenvalue weighted by molar-refractivity contribution is -0.137. The number of pyridine rings is 1. The van der Waals surface area contributed by atoms with E-state index in [9.17, 15) is 4.79 Å². The van der Waals surface area contributed by atoms with Gasteiger partial charge in [0.2, 0.25) is 0 Å². The van der Waals surface area contributed by atoms with Crippen molar-refractivity contribution < 1.29 is 9.53 Å².